The zero-order valence-corrected chi connectivity index (χ0v) is 18.9. The smallest absolute Gasteiger partial charge is 0.266 e. The number of ether oxygens (including phenoxy) is 4. The highest BCUT2D eigenvalue weighted by atomic mass is 32.2. The summed E-state index contributed by atoms with van der Waals surface area (Å²) in [5, 5.41) is 0. The van der Waals surface area contributed by atoms with Gasteiger partial charge in [-0.25, -0.2) is 0 Å². The minimum absolute atomic E-state index is 0.104. The van der Waals surface area contributed by atoms with Crippen molar-refractivity contribution < 1.29 is 23.7 Å². The molecule has 1 aliphatic rings. The van der Waals surface area contributed by atoms with E-state index in [9.17, 15) is 4.79 Å². The van der Waals surface area contributed by atoms with Crippen LogP contribution in [-0.2, 0) is 11.2 Å². The average molecular weight is 446 g/mol. The monoisotopic (exact) mass is 445 g/mol. The van der Waals surface area contributed by atoms with Crippen LogP contribution < -0.4 is 18.9 Å². The molecule has 1 fully saturated rings. The van der Waals surface area contributed by atoms with Gasteiger partial charge < -0.3 is 18.9 Å². The van der Waals surface area contributed by atoms with E-state index >= 15 is 0 Å². The molecule has 2 aromatic rings. The summed E-state index contributed by atoms with van der Waals surface area (Å²) >= 11 is 6.73. The minimum atomic E-state index is -0.104. The molecule has 1 aliphatic heterocycles. The second kappa shape index (κ2) is 9.86. The van der Waals surface area contributed by atoms with Crippen molar-refractivity contribution in [3.8, 4) is 23.0 Å². The fourth-order valence-corrected chi connectivity index (χ4v) is 4.37. The van der Waals surface area contributed by atoms with E-state index in [1.807, 2.05) is 24.3 Å². The van der Waals surface area contributed by atoms with Crippen LogP contribution in [0.3, 0.4) is 0 Å². The molecular formula is C22H23NO5S2. The first-order valence-electron chi connectivity index (χ1n) is 9.19. The van der Waals surface area contributed by atoms with Crippen LogP contribution in [0.4, 0.5) is 0 Å². The molecule has 0 radical (unpaired) electrons. The van der Waals surface area contributed by atoms with Crippen LogP contribution in [0.5, 0.6) is 23.0 Å². The molecule has 1 amide bonds. The zero-order valence-electron chi connectivity index (χ0n) is 17.3. The second-order valence-corrected chi connectivity index (χ2v) is 8.07. The number of thiocarbonyl (C=S) groups is 1. The highest BCUT2D eigenvalue weighted by Gasteiger charge is 2.31. The Morgan fingerprint density at radius 1 is 0.967 bits per heavy atom. The maximum atomic E-state index is 12.9. The lowest BCUT2D eigenvalue weighted by atomic mass is 10.1. The lowest BCUT2D eigenvalue weighted by Crippen LogP contribution is -2.30. The minimum Gasteiger partial charge on any atom is -0.497 e. The van der Waals surface area contributed by atoms with E-state index in [1.165, 1.54) is 11.8 Å². The predicted molar refractivity (Wildman–Crippen MR) is 123 cm³/mol. The predicted octanol–water partition coefficient (Wildman–Crippen LogP) is 4.16. The van der Waals surface area contributed by atoms with Gasteiger partial charge in [0, 0.05) is 6.54 Å². The van der Waals surface area contributed by atoms with Crippen molar-refractivity contribution in [1.82, 2.24) is 4.90 Å². The fourth-order valence-electron chi connectivity index (χ4n) is 3.06. The van der Waals surface area contributed by atoms with Gasteiger partial charge in [-0.2, -0.15) is 0 Å². The maximum absolute atomic E-state index is 12.9. The first-order chi connectivity index (χ1) is 14.5. The van der Waals surface area contributed by atoms with E-state index < -0.39 is 0 Å². The molecule has 6 nitrogen and oxygen atoms in total. The first kappa shape index (κ1) is 22.0. The van der Waals surface area contributed by atoms with Gasteiger partial charge in [0.2, 0.25) is 5.75 Å². The van der Waals surface area contributed by atoms with Crippen molar-refractivity contribution in [2.24, 2.45) is 0 Å². The molecule has 0 aliphatic carbocycles. The van der Waals surface area contributed by atoms with Crippen LogP contribution in [0.2, 0.25) is 0 Å². The fraction of sp³-hybridized carbons (Fsp3) is 0.273. The van der Waals surface area contributed by atoms with Crippen LogP contribution in [-0.4, -0.2) is 50.1 Å². The van der Waals surface area contributed by atoms with E-state index in [-0.39, 0.29) is 5.91 Å². The number of hydrogen-bond acceptors (Lipinski definition) is 7. The van der Waals surface area contributed by atoms with Crippen LogP contribution in [0.1, 0.15) is 11.1 Å². The molecule has 0 N–H and O–H groups in total. The molecule has 158 valence electrons. The van der Waals surface area contributed by atoms with Crippen LogP contribution in [0, 0.1) is 0 Å². The Hall–Kier alpha value is -2.71. The zero-order chi connectivity index (χ0) is 21.7. The Balaban J connectivity index is 1.77. The summed E-state index contributed by atoms with van der Waals surface area (Å²) in [6.45, 7) is 0.517. The van der Waals surface area contributed by atoms with Gasteiger partial charge in [-0.05, 0) is 47.9 Å². The maximum Gasteiger partial charge on any atom is 0.266 e. The van der Waals surface area contributed by atoms with Gasteiger partial charge in [0.25, 0.3) is 5.91 Å². The molecule has 1 heterocycles. The largest absolute Gasteiger partial charge is 0.497 e. The Morgan fingerprint density at radius 3 is 2.13 bits per heavy atom. The summed E-state index contributed by atoms with van der Waals surface area (Å²) in [5.41, 5.74) is 1.87. The van der Waals surface area contributed by atoms with Crippen molar-refractivity contribution in [3.63, 3.8) is 0 Å². The summed E-state index contributed by atoms with van der Waals surface area (Å²) < 4.78 is 21.8. The third kappa shape index (κ3) is 4.71. The molecule has 3 rings (SSSR count). The number of rotatable bonds is 8. The van der Waals surface area contributed by atoms with Gasteiger partial charge in [0.1, 0.15) is 10.1 Å². The van der Waals surface area contributed by atoms with Crippen molar-refractivity contribution in [2.75, 3.05) is 35.0 Å². The van der Waals surface area contributed by atoms with Gasteiger partial charge in [-0.1, -0.05) is 36.1 Å². The molecule has 0 saturated carbocycles. The highest BCUT2D eigenvalue weighted by molar-refractivity contribution is 8.26. The Morgan fingerprint density at radius 2 is 1.60 bits per heavy atom. The molecule has 30 heavy (non-hydrogen) atoms. The van der Waals surface area contributed by atoms with Gasteiger partial charge in [0.15, 0.2) is 11.5 Å². The Bertz CT molecular complexity index is 947. The lowest BCUT2D eigenvalue weighted by Gasteiger charge is -2.14. The molecule has 8 heteroatoms. The standard InChI is InChI=1S/C22H23NO5S2/c1-25-16-7-5-14(6-8-16)9-10-23-21(24)19(30-22(23)29)13-15-11-17(26-2)20(28-4)18(12-15)27-3/h5-8,11-13H,9-10H2,1-4H3. The average Bonchev–Trinajstić information content (AvgIpc) is 3.04. The summed E-state index contributed by atoms with van der Waals surface area (Å²) in [7, 11) is 6.29. The van der Waals surface area contributed by atoms with Crippen molar-refractivity contribution in [2.45, 2.75) is 6.42 Å². The quantitative estimate of drug-likeness (QED) is 0.447. The van der Waals surface area contributed by atoms with Gasteiger partial charge in [-0.3, -0.25) is 9.69 Å². The summed E-state index contributed by atoms with van der Waals surface area (Å²) in [4.78, 5) is 15.1. The number of hydrogen-bond donors (Lipinski definition) is 0. The van der Waals surface area contributed by atoms with E-state index in [0.29, 0.717) is 39.4 Å². The number of thioether (sulfide) groups is 1. The normalized spacial score (nSPS) is 14.9. The number of amides is 1. The molecule has 0 bridgehead atoms. The summed E-state index contributed by atoms with van der Waals surface area (Å²) in [6, 6.07) is 11.4. The number of carbonyl (C=O) groups excluding carboxylic acids is 1. The Kier molecular flexibility index (Phi) is 7.23. The summed E-state index contributed by atoms with van der Waals surface area (Å²) in [5.74, 6) is 2.25. The van der Waals surface area contributed by atoms with Crippen molar-refractivity contribution >= 4 is 40.3 Å². The molecule has 1 saturated heterocycles. The van der Waals surface area contributed by atoms with E-state index in [1.54, 1.807) is 51.5 Å². The second-order valence-electron chi connectivity index (χ2n) is 6.39. The molecule has 0 aromatic heterocycles. The van der Waals surface area contributed by atoms with Crippen LogP contribution in [0.15, 0.2) is 41.3 Å². The van der Waals surface area contributed by atoms with E-state index in [4.69, 9.17) is 31.2 Å². The van der Waals surface area contributed by atoms with Gasteiger partial charge >= 0.3 is 0 Å². The highest BCUT2D eigenvalue weighted by Crippen LogP contribution is 2.40. The van der Waals surface area contributed by atoms with Crippen LogP contribution >= 0.6 is 24.0 Å². The summed E-state index contributed by atoms with van der Waals surface area (Å²) in [6.07, 6.45) is 2.49. The molecule has 0 atom stereocenters. The van der Waals surface area contributed by atoms with E-state index in [0.717, 1.165) is 16.9 Å². The van der Waals surface area contributed by atoms with E-state index in [2.05, 4.69) is 0 Å². The third-order valence-corrected chi connectivity index (χ3v) is 6.02. The molecular weight excluding hydrogens is 422 g/mol. The third-order valence-electron chi connectivity index (χ3n) is 4.64. The SMILES string of the molecule is COc1ccc(CCN2C(=O)C(=Cc3cc(OC)c(OC)c(OC)c3)SC2=S)cc1. The Labute approximate surface area is 185 Å². The van der Waals surface area contributed by atoms with Crippen molar-refractivity contribution in [1.29, 1.82) is 0 Å². The number of benzene rings is 2. The van der Waals surface area contributed by atoms with Crippen LogP contribution in [0.25, 0.3) is 6.08 Å². The van der Waals surface area contributed by atoms with Crippen molar-refractivity contribution in [3.05, 3.63) is 52.4 Å². The molecule has 2 aromatic carbocycles. The number of nitrogens with zero attached hydrogens (tertiary/aromatic N) is 1. The topological polar surface area (TPSA) is 57.2 Å². The molecule has 0 unspecified atom stereocenters. The molecule has 0 spiro atoms. The van der Waals surface area contributed by atoms with Gasteiger partial charge in [0.05, 0.1) is 33.3 Å². The number of methoxy groups -OCH3 is 4. The number of carbonyl (C=O) groups is 1. The first-order valence-corrected chi connectivity index (χ1v) is 10.4. The lowest BCUT2D eigenvalue weighted by molar-refractivity contribution is -0.122. The van der Waals surface area contributed by atoms with Gasteiger partial charge in [-0.15, -0.1) is 0 Å².